The van der Waals surface area contributed by atoms with Crippen LogP contribution in [-0.4, -0.2) is 74.2 Å². The second-order valence-electron chi connectivity index (χ2n) is 6.02. The fourth-order valence-electron chi connectivity index (χ4n) is 3.36. The minimum Gasteiger partial charge on any atom is -0.379 e. The van der Waals surface area contributed by atoms with Crippen molar-refractivity contribution in [2.45, 2.75) is 38.8 Å². The van der Waals surface area contributed by atoms with Crippen molar-refractivity contribution >= 4 is 5.91 Å². The third kappa shape index (κ3) is 3.51. The van der Waals surface area contributed by atoms with Gasteiger partial charge in [-0.15, -0.1) is 0 Å². The molecular weight excluding hydrogens is 254 g/mol. The van der Waals surface area contributed by atoms with E-state index >= 15 is 0 Å². The first-order chi connectivity index (χ1) is 9.67. The van der Waals surface area contributed by atoms with Crippen LogP contribution < -0.4 is 5.32 Å². The molecule has 0 aromatic heterocycles. The molecule has 5 heteroatoms. The van der Waals surface area contributed by atoms with Gasteiger partial charge >= 0.3 is 0 Å². The minimum absolute atomic E-state index is 0.00703. The van der Waals surface area contributed by atoms with Gasteiger partial charge in [-0.3, -0.25) is 4.79 Å². The van der Waals surface area contributed by atoms with Crippen LogP contribution in [0.4, 0.5) is 0 Å². The smallest absolute Gasteiger partial charge is 0.229 e. The predicted molar refractivity (Wildman–Crippen MR) is 79.7 cm³/mol. The first-order valence-electron chi connectivity index (χ1n) is 7.97. The molecule has 3 atom stereocenters. The van der Waals surface area contributed by atoms with Crippen LogP contribution in [0, 0.1) is 5.92 Å². The largest absolute Gasteiger partial charge is 0.379 e. The number of carbonyl (C=O) groups excluding carboxylic acids is 1. The quantitative estimate of drug-likeness (QED) is 0.818. The van der Waals surface area contributed by atoms with Crippen molar-refractivity contribution in [3.05, 3.63) is 0 Å². The number of likely N-dealkylation sites (N-methyl/N-ethyl adjacent to an activating group) is 2. The summed E-state index contributed by atoms with van der Waals surface area (Å²) in [4.78, 5) is 17.4. The SMILES string of the molecule is CCNC1COCC1C(=O)N1CCCN(C)CC1CC. The van der Waals surface area contributed by atoms with E-state index < -0.39 is 0 Å². The van der Waals surface area contributed by atoms with Crippen LogP contribution >= 0.6 is 0 Å². The Morgan fingerprint density at radius 3 is 2.80 bits per heavy atom. The summed E-state index contributed by atoms with van der Waals surface area (Å²) in [6, 6.07) is 0.531. The molecule has 2 saturated heterocycles. The standard InChI is InChI=1S/C15H29N3O2/c1-4-12-9-17(3)7-6-8-18(12)15(19)13-10-20-11-14(13)16-5-2/h12-14,16H,4-11H2,1-3H3. The Morgan fingerprint density at radius 2 is 2.10 bits per heavy atom. The normalized spacial score (nSPS) is 32.4. The van der Waals surface area contributed by atoms with Gasteiger partial charge in [0.2, 0.25) is 5.91 Å². The van der Waals surface area contributed by atoms with Gasteiger partial charge in [0.15, 0.2) is 0 Å². The van der Waals surface area contributed by atoms with Crippen LogP contribution in [0.1, 0.15) is 26.7 Å². The number of nitrogens with zero attached hydrogens (tertiary/aromatic N) is 2. The lowest BCUT2D eigenvalue weighted by molar-refractivity contribution is -0.138. The Kier molecular flexibility index (Phi) is 5.81. The summed E-state index contributed by atoms with van der Waals surface area (Å²) in [6.45, 7) is 9.33. The molecule has 1 N–H and O–H groups in total. The molecule has 0 aromatic rings. The van der Waals surface area contributed by atoms with Crippen molar-refractivity contribution in [3.8, 4) is 0 Å². The van der Waals surface area contributed by atoms with Gasteiger partial charge in [-0.2, -0.15) is 0 Å². The van der Waals surface area contributed by atoms with Crippen molar-refractivity contribution in [1.82, 2.24) is 15.1 Å². The Hall–Kier alpha value is -0.650. The monoisotopic (exact) mass is 283 g/mol. The zero-order valence-corrected chi connectivity index (χ0v) is 13.1. The molecule has 0 saturated carbocycles. The molecule has 0 radical (unpaired) electrons. The summed E-state index contributed by atoms with van der Waals surface area (Å²) in [7, 11) is 2.15. The van der Waals surface area contributed by atoms with Gasteiger partial charge in [-0.1, -0.05) is 13.8 Å². The molecule has 0 bridgehead atoms. The van der Waals surface area contributed by atoms with E-state index in [9.17, 15) is 4.79 Å². The number of amides is 1. The third-order valence-electron chi connectivity index (χ3n) is 4.52. The fraction of sp³-hybridized carbons (Fsp3) is 0.933. The molecule has 2 fully saturated rings. The predicted octanol–water partition coefficient (Wildman–Crippen LogP) is 0.554. The van der Waals surface area contributed by atoms with E-state index in [-0.39, 0.29) is 17.9 Å². The third-order valence-corrected chi connectivity index (χ3v) is 4.52. The van der Waals surface area contributed by atoms with Gasteiger partial charge in [-0.05, 0) is 33.0 Å². The Balaban J connectivity index is 2.05. The van der Waals surface area contributed by atoms with Crippen LogP contribution in [0.2, 0.25) is 0 Å². The maximum Gasteiger partial charge on any atom is 0.229 e. The van der Waals surface area contributed by atoms with Gasteiger partial charge in [0.05, 0.1) is 19.1 Å². The van der Waals surface area contributed by atoms with E-state index in [1.54, 1.807) is 0 Å². The summed E-state index contributed by atoms with van der Waals surface area (Å²) in [5.74, 6) is 0.281. The van der Waals surface area contributed by atoms with E-state index in [0.717, 1.165) is 39.0 Å². The van der Waals surface area contributed by atoms with Crippen LogP contribution in [0.25, 0.3) is 0 Å². The Bertz CT molecular complexity index is 324. The average Bonchev–Trinajstić information content (AvgIpc) is 2.80. The van der Waals surface area contributed by atoms with Crippen molar-refractivity contribution in [2.75, 3.05) is 46.4 Å². The average molecular weight is 283 g/mol. The summed E-state index contributed by atoms with van der Waals surface area (Å²) < 4.78 is 5.54. The first kappa shape index (κ1) is 15.7. The van der Waals surface area contributed by atoms with Crippen LogP contribution in [-0.2, 0) is 9.53 Å². The number of rotatable bonds is 4. The van der Waals surface area contributed by atoms with Crippen LogP contribution in [0.5, 0.6) is 0 Å². The molecule has 2 aliphatic rings. The van der Waals surface area contributed by atoms with Crippen LogP contribution in [0.15, 0.2) is 0 Å². The fourth-order valence-corrected chi connectivity index (χ4v) is 3.36. The van der Waals surface area contributed by atoms with E-state index in [0.29, 0.717) is 19.3 Å². The molecule has 5 nitrogen and oxygen atoms in total. The highest BCUT2D eigenvalue weighted by molar-refractivity contribution is 5.80. The Labute approximate surface area is 122 Å². The van der Waals surface area contributed by atoms with Crippen LogP contribution in [0.3, 0.4) is 0 Å². The number of hydrogen-bond donors (Lipinski definition) is 1. The lowest BCUT2D eigenvalue weighted by atomic mass is 10.00. The second kappa shape index (κ2) is 7.38. The molecule has 20 heavy (non-hydrogen) atoms. The van der Waals surface area contributed by atoms with Crippen molar-refractivity contribution in [2.24, 2.45) is 5.92 Å². The topological polar surface area (TPSA) is 44.8 Å². The molecule has 3 unspecified atom stereocenters. The van der Waals surface area contributed by atoms with E-state index in [1.807, 2.05) is 0 Å². The molecule has 2 aliphatic heterocycles. The lowest BCUT2D eigenvalue weighted by Crippen LogP contribution is -2.50. The van der Waals surface area contributed by atoms with E-state index in [4.69, 9.17) is 4.74 Å². The second-order valence-corrected chi connectivity index (χ2v) is 6.02. The molecule has 0 aromatic carbocycles. The van der Waals surface area contributed by atoms with Crippen molar-refractivity contribution in [3.63, 3.8) is 0 Å². The van der Waals surface area contributed by atoms with Gasteiger partial charge in [0.1, 0.15) is 0 Å². The molecule has 1 amide bonds. The number of ether oxygens (including phenoxy) is 1. The molecular formula is C15H29N3O2. The van der Waals surface area contributed by atoms with E-state index in [1.165, 1.54) is 0 Å². The Morgan fingerprint density at radius 1 is 1.30 bits per heavy atom. The van der Waals surface area contributed by atoms with Gasteiger partial charge in [-0.25, -0.2) is 0 Å². The van der Waals surface area contributed by atoms with Gasteiger partial charge in [0, 0.05) is 25.2 Å². The summed E-state index contributed by atoms with van der Waals surface area (Å²) >= 11 is 0. The number of hydrogen-bond acceptors (Lipinski definition) is 4. The van der Waals surface area contributed by atoms with Crippen molar-refractivity contribution < 1.29 is 9.53 Å². The minimum atomic E-state index is -0.00703. The highest BCUT2D eigenvalue weighted by Gasteiger charge is 2.38. The van der Waals surface area contributed by atoms with Gasteiger partial charge < -0.3 is 19.9 Å². The van der Waals surface area contributed by atoms with Gasteiger partial charge in [0.25, 0.3) is 0 Å². The summed E-state index contributed by atoms with van der Waals surface area (Å²) in [5, 5.41) is 3.39. The summed E-state index contributed by atoms with van der Waals surface area (Å²) in [6.07, 6.45) is 2.09. The maximum absolute atomic E-state index is 12.9. The number of carbonyl (C=O) groups is 1. The van der Waals surface area contributed by atoms with E-state index in [2.05, 4.69) is 36.0 Å². The highest BCUT2D eigenvalue weighted by atomic mass is 16.5. The maximum atomic E-state index is 12.9. The highest BCUT2D eigenvalue weighted by Crippen LogP contribution is 2.21. The molecule has 116 valence electrons. The lowest BCUT2D eigenvalue weighted by Gasteiger charge is -2.33. The first-order valence-corrected chi connectivity index (χ1v) is 7.97. The molecule has 0 aliphatic carbocycles. The zero-order chi connectivity index (χ0) is 14.5. The molecule has 2 heterocycles. The number of nitrogens with one attached hydrogen (secondary N) is 1. The van der Waals surface area contributed by atoms with Crippen molar-refractivity contribution in [1.29, 1.82) is 0 Å². The molecule has 2 rings (SSSR count). The zero-order valence-electron chi connectivity index (χ0n) is 13.1. The molecule has 0 spiro atoms. The summed E-state index contributed by atoms with van der Waals surface area (Å²) in [5.41, 5.74) is 0.